The average Bonchev–Trinajstić information content (AvgIpc) is 2.74. The second kappa shape index (κ2) is 3.22. The smallest absolute Gasteiger partial charge is 0.141 e. The van der Waals surface area contributed by atoms with Crippen LogP contribution in [0.25, 0.3) is 0 Å². The summed E-state index contributed by atoms with van der Waals surface area (Å²) in [6, 6.07) is 0. The lowest BCUT2D eigenvalue weighted by molar-refractivity contribution is 0.877. The Morgan fingerprint density at radius 2 is 2.25 bits per heavy atom. The molecule has 2 aromatic rings. The molecule has 0 spiro atoms. The van der Waals surface area contributed by atoms with E-state index in [4.69, 9.17) is 0 Å². The second-order valence-corrected chi connectivity index (χ2v) is 2.72. The van der Waals surface area contributed by atoms with Gasteiger partial charge in [0.25, 0.3) is 0 Å². The first-order valence-electron chi connectivity index (χ1n) is 3.22. The number of aromatic nitrogens is 4. The van der Waals surface area contributed by atoms with Crippen LogP contribution < -0.4 is 0 Å². The molecule has 12 heavy (non-hydrogen) atoms. The van der Waals surface area contributed by atoms with Gasteiger partial charge in [-0.15, -0.1) is 21.5 Å². The lowest BCUT2D eigenvalue weighted by Crippen LogP contribution is -1.86. The van der Waals surface area contributed by atoms with E-state index >= 15 is 0 Å². The van der Waals surface area contributed by atoms with E-state index < -0.39 is 0 Å². The number of nitrogens with zero attached hydrogens (tertiary/aromatic N) is 5. The van der Waals surface area contributed by atoms with Gasteiger partial charge in [0.15, 0.2) is 0 Å². The molecule has 0 aliphatic rings. The molecule has 0 bridgehead atoms. The Hall–Kier alpha value is -1.56. The molecule has 2 heterocycles. The quantitative estimate of drug-likeness (QED) is 0.635. The van der Waals surface area contributed by atoms with Gasteiger partial charge in [-0.3, -0.25) is 0 Å². The fourth-order valence-corrected chi connectivity index (χ4v) is 1.17. The van der Waals surface area contributed by atoms with Crippen LogP contribution in [0, 0.1) is 0 Å². The minimum absolute atomic E-state index is 0.841. The van der Waals surface area contributed by atoms with Crippen LogP contribution in [0.5, 0.6) is 0 Å². The van der Waals surface area contributed by atoms with E-state index in [-0.39, 0.29) is 0 Å². The van der Waals surface area contributed by atoms with Gasteiger partial charge in [0.1, 0.15) is 12.7 Å². The zero-order chi connectivity index (χ0) is 8.23. The third-order valence-electron chi connectivity index (χ3n) is 1.18. The molecular formula is C6H5N5S. The van der Waals surface area contributed by atoms with Crippen molar-refractivity contribution in [1.82, 2.24) is 19.9 Å². The van der Waals surface area contributed by atoms with Gasteiger partial charge < -0.3 is 0 Å². The Labute approximate surface area is 72.4 Å². The fraction of sp³-hybridized carbons (Fsp3) is 0. The average molecular weight is 179 g/mol. The van der Waals surface area contributed by atoms with Crippen molar-refractivity contribution in [3.8, 4) is 0 Å². The van der Waals surface area contributed by atoms with Gasteiger partial charge in [-0.05, 0) is 0 Å². The van der Waals surface area contributed by atoms with Gasteiger partial charge in [-0.2, -0.15) is 5.10 Å². The highest BCUT2D eigenvalue weighted by Gasteiger charge is 1.87. The molecule has 0 amide bonds. The predicted molar refractivity (Wildman–Crippen MR) is 45.1 cm³/mol. The van der Waals surface area contributed by atoms with Crippen LogP contribution in [0.15, 0.2) is 28.6 Å². The third-order valence-corrected chi connectivity index (χ3v) is 1.79. The molecule has 0 aliphatic carbocycles. The first-order valence-corrected chi connectivity index (χ1v) is 4.16. The topological polar surface area (TPSA) is 56.0 Å². The maximum absolute atomic E-state index is 4.03. The van der Waals surface area contributed by atoms with E-state index in [1.807, 2.05) is 5.38 Å². The van der Waals surface area contributed by atoms with Gasteiger partial charge >= 0.3 is 0 Å². The fourth-order valence-electron chi connectivity index (χ4n) is 0.666. The molecular weight excluding hydrogens is 174 g/mol. The first-order chi connectivity index (χ1) is 5.95. The lowest BCUT2D eigenvalue weighted by atomic mass is 10.6. The Bertz CT molecular complexity index is 313. The number of hydrogen-bond donors (Lipinski definition) is 0. The van der Waals surface area contributed by atoms with E-state index in [0.717, 1.165) is 5.69 Å². The van der Waals surface area contributed by atoms with Crippen LogP contribution in [0.2, 0.25) is 0 Å². The van der Waals surface area contributed by atoms with Gasteiger partial charge in [-0.1, -0.05) is 0 Å². The molecule has 2 aromatic heterocycles. The molecule has 0 saturated carbocycles. The minimum atomic E-state index is 0.841. The maximum atomic E-state index is 4.03. The third kappa shape index (κ3) is 1.54. The summed E-state index contributed by atoms with van der Waals surface area (Å²) in [6.07, 6.45) is 4.69. The van der Waals surface area contributed by atoms with Crippen LogP contribution in [0.1, 0.15) is 5.69 Å². The molecule has 60 valence electrons. The Balaban J connectivity index is 2.14. The summed E-state index contributed by atoms with van der Waals surface area (Å²) in [4.78, 5) is 4.03. The van der Waals surface area contributed by atoms with Crippen LogP contribution in [0.3, 0.4) is 0 Å². The van der Waals surface area contributed by atoms with E-state index in [9.17, 15) is 0 Å². The van der Waals surface area contributed by atoms with E-state index in [1.165, 1.54) is 28.7 Å². The summed E-state index contributed by atoms with van der Waals surface area (Å²) >= 11 is 1.53. The minimum Gasteiger partial charge on any atom is -0.244 e. The van der Waals surface area contributed by atoms with E-state index in [0.29, 0.717) is 0 Å². The Morgan fingerprint density at radius 1 is 1.42 bits per heavy atom. The van der Waals surface area contributed by atoms with Crippen molar-refractivity contribution in [3.63, 3.8) is 0 Å². The number of rotatable bonds is 2. The molecule has 5 nitrogen and oxygen atoms in total. The van der Waals surface area contributed by atoms with Crippen molar-refractivity contribution in [2.45, 2.75) is 0 Å². The summed E-state index contributed by atoms with van der Waals surface area (Å²) in [5.74, 6) is 0. The molecule has 0 atom stereocenters. The highest BCUT2D eigenvalue weighted by atomic mass is 32.1. The van der Waals surface area contributed by atoms with Gasteiger partial charge in [0.2, 0.25) is 0 Å². The van der Waals surface area contributed by atoms with Crippen LogP contribution in [-0.2, 0) is 0 Å². The molecule has 0 unspecified atom stereocenters. The van der Waals surface area contributed by atoms with E-state index in [2.05, 4.69) is 20.3 Å². The molecule has 0 fully saturated rings. The van der Waals surface area contributed by atoms with Gasteiger partial charge in [-0.25, -0.2) is 9.66 Å². The standard InChI is InChI=1S/C6H5N5S/c1(6-2-12-5-7-6)10-11-3-8-9-4-11/h1-5H/b10-1+. The molecule has 2 rings (SSSR count). The SMILES string of the molecule is C(=N\n1cnnc1)/c1cscn1. The summed E-state index contributed by atoms with van der Waals surface area (Å²) in [5.41, 5.74) is 2.60. The zero-order valence-electron chi connectivity index (χ0n) is 6.03. The Morgan fingerprint density at radius 3 is 2.92 bits per heavy atom. The van der Waals surface area contributed by atoms with Crippen molar-refractivity contribution in [3.05, 3.63) is 29.2 Å². The maximum Gasteiger partial charge on any atom is 0.141 e. The first kappa shape index (κ1) is 7.11. The Kier molecular flexibility index (Phi) is 1.91. The molecule has 6 heteroatoms. The molecule has 0 aliphatic heterocycles. The van der Waals surface area contributed by atoms with Crippen molar-refractivity contribution in [2.24, 2.45) is 5.10 Å². The van der Waals surface area contributed by atoms with Gasteiger partial charge in [0, 0.05) is 5.38 Å². The predicted octanol–water partition coefficient (Wildman–Crippen LogP) is 0.617. The largest absolute Gasteiger partial charge is 0.244 e. The summed E-state index contributed by atoms with van der Waals surface area (Å²) < 4.78 is 1.51. The highest BCUT2D eigenvalue weighted by molar-refractivity contribution is 7.07. The number of thiazole rings is 1. The highest BCUT2D eigenvalue weighted by Crippen LogP contribution is 1.97. The van der Waals surface area contributed by atoms with Crippen molar-refractivity contribution < 1.29 is 0 Å². The molecule has 0 radical (unpaired) electrons. The molecule has 0 saturated heterocycles. The lowest BCUT2D eigenvalue weighted by Gasteiger charge is -1.85. The van der Waals surface area contributed by atoms with Crippen LogP contribution >= 0.6 is 11.3 Å². The summed E-state index contributed by atoms with van der Waals surface area (Å²) in [5, 5.41) is 13.1. The monoisotopic (exact) mass is 179 g/mol. The van der Waals surface area contributed by atoms with Crippen molar-refractivity contribution in [2.75, 3.05) is 0 Å². The summed E-state index contributed by atoms with van der Waals surface area (Å²) in [7, 11) is 0. The van der Waals surface area contributed by atoms with Crippen LogP contribution in [0.4, 0.5) is 0 Å². The summed E-state index contributed by atoms with van der Waals surface area (Å²) in [6.45, 7) is 0. The van der Waals surface area contributed by atoms with Crippen LogP contribution in [-0.4, -0.2) is 26.1 Å². The normalized spacial score (nSPS) is 11.0. The van der Waals surface area contributed by atoms with Crippen molar-refractivity contribution >= 4 is 17.6 Å². The molecule has 0 N–H and O–H groups in total. The van der Waals surface area contributed by atoms with E-state index in [1.54, 1.807) is 11.7 Å². The molecule has 0 aromatic carbocycles. The number of hydrogen-bond acceptors (Lipinski definition) is 5. The second-order valence-electron chi connectivity index (χ2n) is 2.00. The van der Waals surface area contributed by atoms with Gasteiger partial charge in [0.05, 0.1) is 17.4 Å². The van der Waals surface area contributed by atoms with Crippen molar-refractivity contribution in [1.29, 1.82) is 0 Å². The zero-order valence-corrected chi connectivity index (χ0v) is 6.85.